The average Bonchev–Trinajstić information content (AvgIpc) is 2.78. The predicted octanol–water partition coefficient (Wildman–Crippen LogP) is -2.17. The summed E-state index contributed by atoms with van der Waals surface area (Å²) in [5, 5.41) is 25.4. The molecule has 1 rings (SSSR count). The molecule has 0 fully saturated rings. The van der Waals surface area contributed by atoms with Gasteiger partial charge in [0.1, 0.15) is 23.9 Å². The maximum absolute atomic E-state index is 12.9. The van der Waals surface area contributed by atoms with Crippen LogP contribution in [0.15, 0.2) is 24.3 Å². The molecule has 0 aliphatic carbocycles. The lowest BCUT2D eigenvalue weighted by Crippen LogP contribution is -2.57. The van der Waals surface area contributed by atoms with Gasteiger partial charge in [0.2, 0.25) is 23.6 Å². The number of unbranched alkanes of at least 4 members (excludes halogenated alkanes) is 1. The molecule has 194 valence electrons. The van der Waals surface area contributed by atoms with E-state index in [0.29, 0.717) is 24.9 Å². The normalized spacial score (nSPS) is 14.1. The summed E-state index contributed by atoms with van der Waals surface area (Å²) in [6.45, 7) is 1.58. The molecule has 0 heterocycles. The summed E-state index contributed by atoms with van der Waals surface area (Å²) in [5.41, 5.74) is 17.4. The summed E-state index contributed by atoms with van der Waals surface area (Å²) in [5.74, 6) is -4.44. The van der Waals surface area contributed by atoms with Gasteiger partial charge in [0.15, 0.2) is 0 Å². The number of aliphatic carboxylic acids is 1. The minimum Gasteiger partial charge on any atom is -0.508 e. The predicted molar refractivity (Wildman–Crippen MR) is 126 cm³/mol. The summed E-state index contributed by atoms with van der Waals surface area (Å²) in [4.78, 5) is 60.5. The van der Waals surface area contributed by atoms with Crippen LogP contribution >= 0.6 is 0 Å². The number of primary amides is 1. The zero-order valence-corrected chi connectivity index (χ0v) is 19.5. The maximum Gasteiger partial charge on any atom is 0.325 e. The molecule has 4 atom stereocenters. The molecule has 1 aromatic carbocycles. The molecule has 0 saturated heterocycles. The van der Waals surface area contributed by atoms with E-state index in [-0.39, 0.29) is 18.6 Å². The van der Waals surface area contributed by atoms with Crippen molar-refractivity contribution in [2.24, 2.45) is 17.2 Å². The van der Waals surface area contributed by atoms with E-state index >= 15 is 0 Å². The molecule has 13 heteroatoms. The number of nitrogens with one attached hydrogen (secondary N) is 3. The topological polar surface area (TPSA) is 240 Å². The number of phenolic OH excluding ortho intramolecular Hbond substituents is 1. The van der Waals surface area contributed by atoms with Crippen molar-refractivity contribution in [1.29, 1.82) is 0 Å². The molecule has 11 N–H and O–H groups in total. The maximum atomic E-state index is 12.9. The zero-order chi connectivity index (χ0) is 26.5. The molecule has 1 aromatic rings. The highest BCUT2D eigenvalue weighted by Gasteiger charge is 2.30. The van der Waals surface area contributed by atoms with Gasteiger partial charge in [-0.2, -0.15) is 0 Å². The van der Waals surface area contributed by atoms with Crippen molar-refractivity contribution in [3.05, 3.63) is 29.8 Å². The molecule has 4 amide bonds. The van der Waals surface area contributed by atoms with Crippen molar-refractivity contribution in [3.63, 3.8) is 0 Å². The molecule has 0 radical (unpaired) electrons. The van der Waals surface area contributed by atoms with Gasteiger partial charge in [0, 0.05) is 0 Å². The van der Waals surface area contributed by atoms with Gasteiger partial charge < -0.3 is 43.4 Å². The Balaban J connectivity index is 2.92. The fourth-order valence-electron chi connectivity index (χ4n) is 3.08. The fraction of sp³-hybridized carbons (Fsp3) is 0.500. The van der Waals surface area contributed by atoms with Gasteiger partial charge in [-0.25, -0.2) is 0 Å². The van der Waals surface area contributed by atoms with Crippen molar-refractivity contribution in [3.8, 4) is 5.75 Å². The number of carboxylic acids is 1. The van der Waals surface area contributed by atoms with Crippen LogP contribution in [0.3, 0.4) is 0 Å². The highest BCUT2D eigenvalue weighted by molar-refractivity contribution is 5.96. The van der Waals surface area contributed by atoms with Crippen molar-refractivity contribution in [1.82, 2.24) is 16.0 Å². The van der Waals surface area contributed by atoms with Gasteiger partial charge in [0.25, 0.3) is 0 Å². The number of hydrogen-bond donors (Lipinski definition) is 8. The summed E-state index contributed by atoms with van der Waals surface area (Å²) in [6, 6.07) is 1.31. The molecule has 0 aliphatic rings. The van der Waals surface area contributed by atoms with Crippen LogP contribution in [0, 0.1) is 0 Å². The van der Waals surface area contributed by atoms with E-state index in [9.17, 15) is 29.1 Å². The molecular weight excluding hydrogens is 460 g/mol. The van der Waals surface area contributed by atoms with Gasteiger partial charge in [-0.15, -0.1) is 0 Å². The number of carbonyl (C=O) groups excluding carboxylic acids is 4. The van der Waals surface area contributed by atoms with E-state index in [0.717, 1.165) is 0 Å². The number of nitrogens with two attached hydrogens (primary N) is 3. The lowest BCUT2D eigenvalue weighted by molar-refractivity contribution is -0.142. The molecule has 0 saturated carbocycles. The summed E-state index contributed by atoms with van der Waals surface area (Å²) >= 11 is 0. The van der Waals surface area contributed by atoms with Gasteiger partial charge >= 0.3 is 5.97 Å². The molecule has 0 aromatic heterocycles. The van der Waals surface area contributed by atoms with Crippen LogP contribution in [-0.2, 0) is 30.4 Å². The first-order valence-corrected chi connectivity index (χ1v) is 11.1. The second-order valence-corrected chi connectivity index (χ2v) is 8.12. The quantitative estimate of drug-likeness (QED) is 0.123. The van der Waals surface area contributed by atoms with Gasteiger partial charge in [-0.1, -0.05) is 12.1 Å². The Kier molecular flexibility index (Phi) is 12.2. The number of carbonyl (C=O) groups is 5. The number of aromatic hydroxyl groups is 1. The Morgan fingerprint density at radius 3 is 2.03 bits per heavy atom. The highest BCUT2D eigenvalue weighted by atomic mass is 16.4. The number of phenols is 1. The van der Waals surface area contributed by atoms with Crippen LogP contribution in [0.5, 0.6) is 5.75 Å². The Bertz CT molecular complexity index is 893. The first-order chi connectivity index (χ1) is 16.4. The zero-order valence-electron chi connectivity index (χ0n) is 19.5. The van der Waals surface area contributed by atoms with E-state index in [1.807, 2.05) is 0 Å². The first kappa shape index (κ1) is 29.3. The number of benzene rings is 1. The number of hydrogen-bond acceptors (Lipinski definition) is 8. The lowest BCUT2D eigenvalue weighted by Gasteiger charge is -2.24. The number of carboxylic acid groups (broad SMARTS) is 1. The lowest BCUT2D eigenvalue weighted by atomic mass is 10.0. The third-order valence-corrected chi connectivity index (χ3v) is 5.08. The fourth-order valence-corrected chi connectivity index (χ4v) is 3.08. The van der Waals surface area contributed by atoms with E-state index < -0.39 is 60.2 Å². The van der Waals surface area contributed by atoms with E-state index in [1.165, 1.54) is 19.1 Å². The molecule has 0 aliphatic heterocycles. The molecule has 4 unspecified atom stereocenters. The van der Waals surface area contributed by atoms with Crippen molar-refractivity contribution >= 4 is 29.6 Å². The molecular formula is C22H34N6O7. The monoisotopic (exact) mass is 494 g/mol. The van der Waals surface area contributed by atoms with E-state index in [4.69, 9.17) is 22.3 Å². The highest BCUT2D eigenvalue weighted by Crippen LogP contribution is 2.11. The molecule has 13 nitrogen and oxygen atoms in total. The Hall–Kier alpha value is -3.71. The summed E-state index contributed by atoms with van der Waals surface area (Å²) in [6.07, 6.45) is 0.791. The van der Waals surface area contributed by atoms with Crippen molar-refractivity contribution in [2.45, 2.75) is 63.2 Å². The van der Waals surface area contributed by atoms with Crippen LogP contribution in [0.2, 0.25) is 0 Å². The average molecular weight is 495 g/mol. The van der Waals surface area contributed by atoms with E-state index in [1.54, 1.807) is 12.1 Å². The van der Waals surface area contributed by atoms with Crippen LogP contribution in [0.4, 0.5) is 0 Å². The Morgan fingerprint density at radius 1 is 0.914 bits per heavy atom. The molecule has 0 bridgehead atoms. The number of amides is 4. The smallest absolute Gasteiger partial charge is 0.325 e. The van der Waals surface area contributed by atoms with Gasteiger partial charge in [0.05, 0.1) is 12.5 Å². The first-order valence-electron chi connectivity index (χ1n) is 11.1. The summed E-state index contributed by atoms with van der Waals surface area (Å²) < 4.78 is 0. The van der Waals surface area contributed by atoms with Crippen LogP contribution in [0.25, 0.3) is 0 Å². The van der Waals surface area contributed by atoms with Gasteiger partial charge in [-0.05, 0) is 56.8 Å². The van der Waals surface area contributed by atoms with Crippen molar-refractivity contribution < 1.29 is 34.2 Å². The SMILES string of the molecule is CC(NC(=O)C(CC(N)=O)NC(=O)C(CCCCN)NC(=O)C(N)Cc1ccc(O)cc1)C(=O)O. The number of rotatable bonds is 15. The largest absolute Gasteiger partial charge is 0.508 e. The standard InChI is InChI=1S/C22H34N6O7/c1-12(22(34)35)26-21(33)17(11-18(25)30)28-20(32)16(4-2-3-9-23)27-19(31)15(24)10-13-5-7-14(29)8-6-13/h5-8,12,15-17,29H,2-4,9-11,23-24H2,1H3,(H2,25,30)(H,26,33)(H,27,31)(H,28,32)(H,34,35). The van der Waals surface area contributed by atoms with E-state index in [2.05, 4.69) is 16.0 Å². The molecule has 35 heavy (non-hydrogen) atoms. The third kappa shape index (κ3) is 10.8. The minimum absolute atomic E-state index is 0.0655. The second-order valence-electron chi connectivity index (χ2n) is 8.12. The van der Waals surface area contributed by atoms with Gasteiger partial charge in [-0.3, -0.25) is 24.0 Å². The van der Waals surface area contributed by atoms with Crippen LogP contribution in [-0.4, -0.2) is 70.5 Å². The molecule has 0 spiro atoms. The summed E-state index contributed by atoms with van der Waals surface area (Å²) in [7, 11) is 0. The minimum atomic E-state index is -1.44. The Labute approximate surface area is 202 Å². The second kappa shape index (κ2) is 14.5. The Morgan fingerprint density at radius 2 is 1.49 bits per heavy atom. The van der Waals surface area contributed by atoms with Crippen LogP contribution < -0.4 is 33.2 Å². The van der Waals surface area contributed by atoms with Crippen LogP contribution in [0.1, 0.15) is 38.2 Å². The van der Waals surface area contributed by atoms with Crippen molar-refractivity contribution in [2.75, 3.05) is 6.54 Å². The third-order valence-electron chi connectivity index (χ3n) is 5.08.